The fraction of sp³-hybridized carbons (Fsp3) is 0.333. The predicted octanol–water partition coefficient (Wildman–Crippen LogP) is 2.95. The number of hydrogen-bond donors (Lipinski definition) is 3. The molecule has 1 aliphatic rings. The first-order valence-electron chi connectivity index (χ1n) is 9.92. The molecular formula is C21H28N8O. The second kappa shape index (κ2) is 8.91. The predicted molar refractivity (Wildman–Crippen MR) is 120 cm³/mol. The standard InChI is InChI=1S/C21H26N8O.H2/c1-15-16(4-3-5-19(15)29-6-8-30-9-7-29)11-23-20-17(10-22)12-24-21(27-20)26-18-13-25-28(2)14-18;/h3-5,10,12-14,22H,6-9,11H2,1-2H3,(H2,23,24,26,27);1H. The van der Waals surface area contributed by atoms with Gasteiger partial charge in [0.2, 0.25) is 5.95 Å². The van der Waals surface area contributed by atoms with E-state index in [1.165, 1.54) is 23.0 Å². The lowest BCUT2D eigenvalue weighted by molar-refractivity contribution is 0.122. The number of aryl methyl sites for hydroxylation is 1. The van der Waals surface area contributed by atoms with E-state index in [0.717, 1.165) is 32.0 Å². The van der Waals surface area contributed by atoms with Crippen LogP contribution in [0.25, 0.3) is 0 Å². The maximum atomic E-state index is 7.68. The van der Waals surface area contributed by atoms with Crippen LogP contribution >= 0.6 is 0 Å². The van der Waals surface area contributed by atoms with Crippen molar-refractivity contribution >= 4 is 29.4 Å². The lowest BCUT2D eigenvalue weighted by Gasteiger charge is -2.30. The van der Waals surface area contributed by atoms with Crippen LogP contribution in [0.3, 0.4) is 0 Å². The van der Waals surface area contributed by atoms with Crippen molar-refractivity contribution in [3.05, 3.63) is 53.5 Å². The zero-order valence-corrected chi connectivity index (χ0v) is 17.2. The van der Waals surface area contributed by atoms with Gasteiger partial charge in [0.1, 0.15) is 5.82 Å². The molecule has 1 aliphatic heterocycles. The third kappa shape index (κ3) is 4.41. The van der Waals surface area contributed by atoms with E-state index in [1.54, 1.807) is 17.1 Å². The second-order valence-corrected chi connectivity index (χ2v) is 7.18. The molecule has 0 aliphatic carbocycles. The van der Waals surface area contributed by atoms with Crippen molar-refractivity contribution in [1.82, 2.24) is 19.7 Å². The van der Waals surface area contributed by atoms with Crippen LogP contribution in [0.1, 0.15) is 18.1 Å². The molecule has 0 saturated carbocycles. The Labute approximate surface area is 177 Å². The van der Waals surface area contributed by atoms with E-state index in [1.807, 2.05) is 13.2 Å². The average Bonchev–Trinajstić information content (AvgIpc) is 3.18. The van der Waals surface area contributed by atoms with Gasteiger partial charge in [-0.3, -0.25) is 4.68 Å². The van der Waals surface area contributed by atoms with Crippen LogP contribution in [0.4, 0.5) is 23.1 Å². The van der Waals surface area contributed by atoms with Gasteiger partial charge >= 0.3 is 0 Å². The number of ether oxygens (including phenoxy) is 1. The fourth-order valence-electron chi connectivity index (χ4n) is 3.50. The summed E-state index contributed by atoms with van der Waals surface area (Å²) in [4.78, 5) is 11.2. The number of rotatable bonds is 7. The van der Waals surface area contributed by atoms with Crippen molar-refractivity contribution in [3.8, 4) is 0 Å². The van der Waals surface area contributed by atoms with E-state index in [0.29, 0.717) is 23.9 Å². The third-order valence-electron chi connectivity index (χ3n) is 5.15. The summed E-state index contributed by atoms with van der Waals surface area (Å²) in [7, 11) is 1.85. The highest BCUT2D eigenvalue weighted by Crippen LogP contribution is 2.25. The molecule has 9 nitrogen and oxygen atoms in total. The molecule has 1 aromatic carbocycles. The zero-order valence-electron chi connectivity index (χ0n) is 17.2. The second-order valence-electron chi connectivity index (χ2n) is 7.18. The number of nitrogens with zero attached hydrogens (tertiary/aromatic N) is 5. The van der Waals surface area contributed by atoms with Crippen molar-refractivity contribution in [2.75, 3.05) is 41.8 Å². The van der Waals surface area contributed by atoms with Crippen LogP contribution in [0.2, 0.25) is 0 Å². The van der Waals surface area contributed by atoms with E-state index in [2.05, 4.69) is 55.7 Å². The average molecular weight is 409 g/mol. The quantitative estimate of drug-likeness (QED) is 0.516. The molecule has 4 rings (SSSR count). The van der Waals surface area contributed by atoms with E-state index in [4.69, 9.17) is 10.1 Å². The van der Waals surface area contributed by atoms with Crippen LogP contribution in [0, 0.1) is 12.3 Å². The van der Waals surface area contributed by atoms with Crippen LogP contribution in [0.5, 0.6) is 0 Å². The van der Waals surface area contributed by atoms with Crippen molar-refractivity contribution in [2.24, 2.45) is 7.05 Å². The minimum absolute atomic E-state index is 0. The summed E-state index contributed by atoms with van der Waals surface area (Å²) in [5, 5.41) is 18.3. The Hall–Kier alpha value is -3.46. The summed E-state index contributed by atoms with van der Waals surface area (Å²) in [5.74, 6) is 1.07. The number of anilines is 4. The highest BCUT2D eigenvalue weighted by molar-refractivity contribution is 5.84. The van der Waals surface area contributed by atoms with Crippen molar-refractivity contribution in [3.63, 3.8) is 0 Å². The molecular weight excluding hydrogens is 380 g/mol. The highest BCUT2D eigenvalue weighted by Gasteiger charge is 2.15. The molecule has 0 bridgehead atoms. The van der Waals surface area contributed by atoms with Crippen LogP contribution in [-0.2, 0) is 18.3 Å². The van der Waals surface area contributed by atoms with Crippen LogP contribution in [0.15, 0.2) is 36.8 Å². The number of benzene rings is 1. The number of hydrogen-bond acceptors (Lipinski definition) is 8. The Balaban J connectivity index is 0.00000272. The highest BCUT2D eigenvalue weighted by atomic mass is 16.5. The van der Waals surface area contributed by atoms with Gasteiger partial charge in [0.05, 0.1) is 30.7 Å². The smallest absolute Gasteiger partial charge is 0.229 e. The Bertz CT molecular complexity index is 1030. The van der Waals surface area contributed by atoms with E-state index >= 15 is 0 Å². The van der Waals surface area contributed by atoms with Gasteiger partial charge < -0.3 is 25.7 Å². The van der Waals surface area contributed by atoms with Crippen LogP contribution < -0.4 is 15.5 Å². The Morgan fingerprint density at radius 2 is 2.10 bits per heavy atom. The molecule has 0 amide bonds. The molecule has 3 N–H and O–H groups in total. The monoisotopic (exact) mass is 408 g/mol. The largest absolute Gasteiger partial charge is 0.378 e. The van der Waals surface area contributed by atoms with E-state index in [9.17, 15) is 0 Å². The van der Waals surface area contributed by atoms with Gasteiger partial charge in [0, 0.05) is 52.4 Å². The van der Waals surface area contributed by atoms with Crippen molar-refractivity contribution in [1.29, 1.82) is 5.41 Å². The summed E-state index contributed by atoms with van der Waals surface area (Å²) in [5.41, 5.74) is 5.11. The summed E-state index contributed by atoms with van der Waals surface area (Å²) < 4.78 is 7.18. The first-order chi connectivity index (χ1) is 14.6. The number of nitrogens with one attached hydrogen (secondary N) is 3. The minimum atomic E-state index is 0. The van der Waals surface area contributed by atoms with Crippen molar-refractivity contribution in [2.45, 2.75) is 13.5 Å². The van der Waals surface area contributed by atoms with Crippen molar-refractivity contribution < 1.29 is 6.16 Å². The molecule has 9 heteroatoms. The molecule has 1 saturated heterocycles. The number of morpholine rings is 1. The molecule has 1 fully saturated rings. The first kappa shape index (κ1) is 19.8. The summed E-state index contributed by atoms with van der Waals surface area (Å²) in [6.45, 7) is 6.09. The van der Waals surface area contributed by atoms with E-state index < -0.39 is 0 Å². The molecule has 0 unspecified atom stereocenters. The summed E-state index contributed by atoms with van der Waals surface area (Å²) in [6.07, 6.45) is 6.45. The molecule has 3 heterocycles. The molecule has 30 heavy (non-hydrogen) atoms. The first-order valence-corrected chi connectivity index (χ1v) is 9.92. The normalized spacial score (nSPS) is 13.9. The molecule has 0 spiro atoms. The molecule has 3 aromatic rings. The van der Waals surface area contributed by atoms with Gasteiger partial charge in [0.15, 0.2) is 0 Å². The van der Waals surface area contributed by atoms with Gasteiger partial charge in [-0.2, -0.15) is 10.1 Å². The SMILES string of the molecule is Cc1c(CNc2nc(Nc3cnn(C)c3)ncc2C=N)cccc1N1CCOCC1.[HH]. The summed E-state index contributed by atoms with van der Waals surface area (Å²) in [6, 6.07) is 6.36. The Kier molecular flexibility index (Phi) is 5.89. The third-order valence-corrected chi connectivity index (χ3v) is 5.15. The maximum absolute atomic E-state index is 7.68. The van der Waals surface area contributed by atoms with Gasteiger partial charge in [-0.15, -0.1) is 0 Å². The molecule has 0 radical (unpaired) electrons. The van der Waals surface area contributed by atoms with Gasteiger partial charge in [-0.1, -0.05) is 12.1 Å². The van der Waals surface area contributed by atoms with Gasteiger partial charge in [0.25, 0.3) is 0 Å². The fourth-order valence-corrected chi connectivity index (χ4v) is 3.50. The Morgan fingerprint density at radius 3 is 2.83 bits per heavy atom. The summed E-state index contributed by atoms with van der Waals surface area (Å²) >= 11 is 0. The van der Waals surface area contributed by atoms with Crippen LogP contribution in [-0.4, -0.2) is 52.3 Å². The van der Waals surface area contributed by atoms with Gasteiger partial charge in [-0.25, -0.2) is 4.98 Å². The maximum Gasteiger partial charge on any atom is 0.229 e. The molecule has 2 aromatic heterocycles. The molecule has 0 atom stereocenters. The van der Waals surface area contributed by atoms with E-state index in [-0.39, 0.29) is 1.43 Å². The lowest BCUT2D eigenvalue weighted by Crippen LogP contribution is -2.36. The topological polar surface area (TPSA) is 104 Å². The molecule has 158 valence electrons. The lowest BCUT2D eigenvalue weighted by atomic mass is 10.1. The minimum Gasteiger partial charge on any atom is -0.378 e. The zero-order chi connectivity index (χ0) is 20.9. The Morgan fingerprint density at radius 1 is 1.27 bits per heavy atom. The number of aromatic nitrogens is 4. The van der Waals surface area contributed by atoms with Gasteiger partial charge in [-0.05, 0) is 24.1 Å².